The molecular formula is C16H23NO2. The lowest BCUT2D eigenvalue weighted by Gasteiger charge is -2.21. The van der Waals surface area contributed by atoms with Crippen molar-refractivity contribution in [1.82, 2.24) is 4.90 Å². The van der Waals surface area contributed by atoms with Crippen LogP contribution in [0.3, 0.4) is 0 Å². The summed E-state index contributed by atoms with van der Waals surface area (Å²) < 4.78 is 5.73. The maximum Gasteiger partial charge on any atom is 0.263 e. The molecule has 0 aromatic heterocycles. The number of ether oxygens (including phenoxy) is 1. The first kappa shape index (κ1) is 13.9. The van der Waals surface area contributed by atoms with Gasteiger partial charge < -0.3 is 9.64 Å². The molecule has 1 aromatic carbocycles. The molecule has 1 fully saturated rings. The van der Waals surface area contributed by atoms with Crippen molar-refractivity contribution in [3.63, 3.8) is 0 Å². The topological polar surface area (TPSA) is 29.5 Å². The summed E-state index contributed by atoms with van der Waals surface area (Å²) in [5.41, 5.74) is 1.28. The molecule has 1 aromatic rings. The van der Waals surface area contributed by atoms with Gasteiger partial charge in [0.1, 0.15) is 5.75 Å². The first-order chi connectivity index (χ1) is 9.08. The average Bonchev–Trinajstić information content (AvgIpc) is 2.92. The highest BCUT2D eigenvalue weighted by molar-refractivity contribution is 5.81. The van der Waals surface area contributed by atoms with Gasteiger partial charge in [-0.05, 0) is 43.4 Å². The predicted octanol–water partition coefficient (Wildman–Crippen LogP) is 3.20. The first-order valence-electron chi connectivity index (χ1n) is 7.13. The number of hydrogen-bond acceptors (Lipinski definition) is 2. The minimum Gasteiger partial charge on any atom is -0.481 e. The summed E-state index contributed by atoms with van der Waals surface area (Å²) in [7, 11) is 0. The molecule has 1 aliphatic rings. The van der Waals surface area contributed by atoms with E-state index in [9.17, 15) is 4.79 Å². The second-order valence-electron chi connectivity index (χ2n) is 5.52. The Morgan fingerprint density at radius 3 is 2.21 bits per heavy atom. The van der Waals surface area contributed by atoms with Gasteiger partial charge in [-0.2, -0.15) is 0 Å². The van der Waals surface area contributed by atoms with Gasteiger partial charge in [-0.15, -0.1) is 0 Å². The third kappa shape index (κ3) is 3.49. The molecule has 104 valence electrons. The van der Waals surface area contributed by atoms with Crippen LogP contribution in [0.2, 0.25) is 0 Å². The van der Waals surface area contributed by atoms with Gasteiger partial charge in [0.2, 0.25) is 0 Å². The highest BCUT2D eigenvalue weighted by Crippen LogP contribution is 2.20. The molecule has 19 heavy (non-hydrogen) atoms. The Hall–Kier alpha value is -1.51. The predicted molar refractivity (Wildman–Crippen MR) is 76.4 cm³/mol. The lowest BCUT2D eigenvalue weighted by atomic mass is 10.0. The second-order valence-corrected chi connectivity index (χ2v) is 5.52. The van der Waals surface area contributed by atoms with E-state index < -0.39 is 6.10 Å². The summed E-state index contributed by atoms with van der Waals surface area (Å²) >= 11 is 0. The molecule has 3 heteroatoms. The summed E-state index contributed by atoms with van der Waals surface area (Å²) in [6, 6.07) is 8.02. The van der Waals surface area contributed by atoms with Crippen LogP contribution in [0.1, 0.15) is 45.1 Å². The van der Waals surface area contributed by atoms with E-state index in [0.717, 1.165) is 31.7 Å². The Bertz CT molecular complexity index is 419. The first-order valence-corrected chi connectivity index (χ1v) is 7.13. The third-order valence-corrected chi connectivity index (χ3v) is 3.63. The molecular weight excluding hydrogens is 238 g/mol. The summed E-state index contributed by atoms with van der Waals surface area (Å²) in [5, 5.41) is 0. The van der Waals surface area contributed by atoms with Crippen molar-refractivity contribution in [3.05, 3.63) is 29.8 Å². The quantitative estimate of drug-likeness (QED) is 0.833. The molecule has 0 unspecified atom stereocenters. The van der Waals surface area contributed by atoms with Crippen molar-refractivity contribution >= 4 is 5.91 Å². The fraction of sp³-hybridized carbons (Fsp3) is 0.562. The van der Waals surface area contributed by atoms with Crippen LogP contribution in [0.4, 0.5) is 0 Å². The van der Waals surface area contributed by atoms with Gasteiger partial charge in [0, 0.05) is 13.1 Å². The number of nitrogens with zero attached hydrogens (tertiary/aromatic N) is 1. The molecule has 0 radical (unpaired) electrons. The molecule has 1 amide bonds. The largest absolute Gasteiger partial charge is 0.481 e. The molecule has 0 saturated carbocycles. The Morgan fingerprint density at radius 2 is 1.68 bits per heavy atom. The van der Waals surface area contributed by atoms with Gasteiger partial charge in [0.25, 0.3) is 5.91 Å². The van der Waals surface area contributed by atoms with E-state index in [4.69, 9.17) is 4.74 Å². The van der Waals surface area contributed by atoms with Crippen LogP contribution >= 0.6 is 0 Å². The van der Waals surface area contributed by atoms with E-state index in [1.807, 2.05) is 24.0 Å². The van der Waals surface area contributed by atoms with Gasteiger partial charge in [0.15, 0.2) is 6.10 Å². The summed E-state index contributed by atoms with van der Waals surface area (Å²) in [5.74, 6) is 1.38. The minimum atomic E-state index is -0.400. The van der Waals surface area contributed by atoms with Crippen LogP contribution in [-0.2, 0) is 4.79 Å². The number of benzene rings is 1. The van der Waals surface area contributed by atoms with Crippen LogP contribution in [-0.4, -0.2) is 30.0 Å². The fourth-order valence-electron chi connectivity index (χ4n) is 2.38. The Balaban J connectivity index is 1.94. The monoisotopic (exact) mass is 261 g/mol. The molecule has 1 saturated heterocycles. The van der Waals surface area contributed by atoms with Crippen molar-refractivity contribution in [2.24, 2.45) is 0 Å². The summed E-state index contributed by atoms with van der Waals surface area (Å²) in [6.07, 6.45) is 1.83. The van der Waals surface area contributed by atoms with Crippen molar-refractivity contribution < 1.29 is 9.53 Å². The molecule has 0 aliphatic carbocycles. The molecule has 0 spiro atoms. The van der Waals surface area contributed by atoms with Crippen LogP contribution < -0.4 is 4.74 Å². The van der Waals surface area contributed by atoms with Crippen molar-refractivity contribution in [2.75, 3.05) is 13.1 Å². The number of carbonyl (C=O) groups excluding carboxylic acids is 1. The molecule has 0 bridgehead atoms. The van der Waals surface area contributed by atoms with Gasteiger partial charge in [-0.1, -0.05) is 26.0 Å². The fourth-order valence-corrected chi connectivity index (χ4v) is 2.38. The van der Waals surface area contributed by atoms with Gasteiger partial charge in [-0.25, -0.2) is 0 Å². The van der Waals surface area contributed by atoms with Gasteiger partial charge >= 0.3 is 0 Å². The highest BCUT2D eigenvalue weighted by atomic mass is 16.5. The van der Waals surface area contributed by atoms with E-state index in [-0.39, 0.29) is 5.91 Å². The maximum absolute atomic E-state index is 12.1. The normalized spacial score (nSPS) is 16.7. The van der Waals surface area contributed by atoms with E-state index in [0.29, 0.717) is 5.92 Å². The van der Waals surface area contributed by atoms with Crippen LogP contribution in [0.25, 0.3) is 0 Å². The smallest absolute Gasteiger partial charge is 0.263 e. The Labute approximate surface area is 115 Å². The number of hydrogen-bond donors (Lipinski definition) is 0. The van der Waals surface area contributed by atoms with E-state index >= 15 is 0 Å². The number of amides is 1. The molecule has 2 rings (SSSR count). The van der Waals surface area contributed by atoms with E-state index in [2.05, 4.69) is 26.0 Å². The van der Waals surface area contributed by atoms with Crippen molar-refractivity contribution in [1.29, 1.82) is 0 Å². The number of likely N-dealkylation sites (tertiary alicyclic amines) is 1. The highest BCUT2D eigenvalue weighted by Gasteiger charge is 2.24. The van der Waals surface area contributed by atoms with Gasteiger partial charge in [0.05, 0.1) is 0 Å². The lowest BCUT2D eigenvalue weighted by molar-refractivity contribution is -0.136. The second kappa shape index (κ2) is 6.09. The van der Waals surface area contributed by atoms with Crippen LogP contribution in [0.5, 0.6) is 5.75 Å². The molecule has 1 aliphatic heterocycles. The zero-order valence-corrected chi connectivity index (χ0v) is 12.1. The summed E-state index contributed by atoms with van der Waals surface area (Å²) in [6.45, 7) is 7.90. The van der Waals surface area contributed by atoms with E-state index in [1.165, 1.54) is 5.56 Å². The zero-order valence-electron chi connectivity index (χ0n) is 12.1. The van der Waals surface area contributed by atoms with Crippen LogP contribution in [0.15, 0.2) is 24.3 Å². The molecule has 0 N–H and O–H groups in total. The van der Waals surface area contributed by atoms with Crippen molar-refractivity contribution in [2.45, 2.75) is 45.6 Å². The number of carbonyl (C=O) groups is 1. The molecule has 1 heterocycles. The third-order valence-electron chi connectivity index (χ3n) is 3.63. The van der Waals surface area contributed by atoms with E-state index in [1.54, 1.807) is 0 Å². The molecule has 1 atom stereocenters. The zero-order chi connectivity index (χ0) is 13.8. The average molecular weight is 261 g/mol. The SMILES string of the molecule is CC(C)c1ccc(O[C@H](C)C(=O)N2CCCC2)cc1. The van der Waals surface area contributed by atoms with Gasteiger partial charge in [-0.3, -0.25) is 4.79 Å². The number of rotatable bonds is 4. The molecule has 3 nitrogen and oxygen atoms in total. The summed E-state index contributed by atoms with van der Waals surface area (Å²) in [4.78, 5) is 14.0. The Morgan fingerprint density at radius 1 is 1.11 bits per heavy atom. The van der Waals surface area contributed by atoms with Crippen LogP contribution in [0, 0.1) is 0 Å². The lowest BCUT2D eigenvalue weighted by Crippen LogP contribution is -2.38. The maximum atomic E-state index is 12.1. The Kier molecular flexibility index (Phi) is 4.46. The standard InChI is InChI=1S/C16H23NO2/c1-12(2)14-6-8-15(9-7-14)19-13(3)16(18)17-10-4-5-11-17/h6-9,12-13H,4-5,10-11H2,1-3H3/t13-/m1/s1. The minimum absolute atomic E-state index is 0.102. The van der Waals surface area contributed by atoms with Crippen molar-refractivity contribution in [3.8, 4) is 5.75 Å².